The van der Waals surface area contributed by atoms with Crippen LogP contribution in [0, 0.1) is 0 Å². The van der Waals surface area contributed by atoms with Gasteiger partial charge in [-0.2, -0.15) is 0 Å². The molecule has 8 heteroatoms. The number of fused-ring (bicyclic) bond motifs is 1. The molecule has 0 aromatic heterocycles. The molecule has 1 aromatic carbocycles. The van der Waals surface area contributed by atoms with E-state index >= 15 is 0 Å². The minimum Gasteiger partial charge on any atom is -0.507 e. The number of hydrogen-bond donors (Lipinski definition) is 4. The number of carbonyl (C=O) groups excluding carboxylic acids is 2. The first-order valence-corrected chi connectivity index (χ1v) is 8.57. The zero-order valence-electron chi connectivity index (χ0n) is 14.2. The van der Waals surface area contributed by atoms with Crippen molar-refractivity contribution in [2.45, 2.75) is 50.9 Å². The molecule has 0 bridgehead atoms. The van der Waals surface area contributed by atoms with E-state index in [1.165, 1.54) is 12.2 Å². The van der Waals surface area contributed by atoms with Crippen molar-refractivity contribution in [3.63, 3.8) is 0 Å². The molecule has 142 valence electrons. The molecule has 0 saturated heterocycles. The summed E-state index contributed by atoms with van der Waals surface area (Å²) in [6.45, 7) is 1.56. The highest BCUT2D eigenvalue weighted by molar-refractivity contribution is 6.33. The monoisotopic (exact) mass is 384 g/mol. The van der Waals surface area contributed by atoms with E-state index in [0.29, 0.717) is 0 Å². The molecular weight excluding hydrogens is 364 g/mol. The van der Waals surface area contributed by atoms with E-state index in [-0.39, 0.29) is 47.6 Å². The van der Waals surface area contributed by atoms with Crippen molar-refractivity contribution in [2.75, 3.05) is 0 Å². The van der Waals surface area contributed by atoms with Crippen LogP contribution in [0.1, 0.15) is 42.1 Å². The molecule has 0 unspecified atom stereocenters. The van der Waals surface area contributed by atoms with E-state index in [4.69, 9.17) is 16.3 Å². The minimum atomic E-state index is -0.956. The lowest BCUT2D eigenvalue weighted by Crippen LogP contribution is -2.22. The van der Waals surface area contributed by atoms with Crippen LogP contribution < -0.4 is 0 Å². The smallest absolute Gasteiger partial charge is 0.342 e. The van der Waals surface area contributed by atoms with Crippen LogP contribution in [0.3, 0.4) is 0 Å². The SMILES string of the molecule is C[C@@H]1C[C@@H](O)C=C[C@@H](O)CCC(=O)Cc2c(Cl)c(O)cc(O)c2C(=O)O1. The standard InChI is InChI=1S/C18H21ClO7/c1-9-6-11(21)4-2-10(20)3-5-12(22)7-13-16(18(25)26-9)14(23)8-15(24)17(13)19/h2,4,8-11,20-21,23-24H,3,5-7H2,1H3/t9-,10-,11+/m1/s1. The van der Waals surface area contributed by atoms with Gasteiger partial charge in [-0.25, -0.2) is 4.79 Å². The van der Waals surface area contributed by atoms with Crippen LogP contribution in [0.15, 0.2) is 18.2 Å². The Morgan fingerprint density at radius 1 is 1.12 bits per heavy atom. The molecular formula is C18H21ClO7. The third-order valence-electron chi connectivity index (χ3n) is 4.06. The first-order chi connectivity index (χ1) is 12.2. The highest BCUT2D eigenvalue weighted by Gasteiger charge is 2.27. The van der Waals surface area contributed by atoms with E-state index in [9.17, 15) is 30.0 Å². The van der Waals surface area contributed by atoms with Crippen LogP contribution in [0.4, 0.5) is 0 Å². The number of carbonyl (C=O) groups is 2. The number of hydrogen-bond acceptors (Lipinski definition) is 7. The average molecular weight is 385 g/mol. The fourth-order valence-corrected chi connectivity index (χ4v) is 2.95. The summed E-state index contributed by atoms with van der Waals surface area (Å²) < 4.78 is 5.22. The molecule has 0 saturated carbocycles. The second-order valence-corrected chi connectivity index (χ2v) is 6.69. The van der Waals surface area contributed by atoms with Crippen molar-refractivity contribution in [2.24, 2.45) is 0 Å². The zero-order chi connectivity index (χ0) is 19.4. The van der Waals surface area contributed by atoms with Crippen molar-refractivity contribution in [3.8, 4) is 11.5 Å². The lowest BCUT2D eigenvalue weighted by Gasteiger charge is -2.19. The van der Waals surface area contributed by atoms with Gasteiger partial charge in [-0.15, -0.1) is 0 Å². The lowest BCUT2D eigenvalue weighted by atomic mass is 9.97. The molecule has 1 heterocycles. The Morgan fingerprint density at radius 2 is 1.77 bits per heavy atom. The molecule has 1 aliphatic rings. The highest BCUT2D eigenvalue weighted by Crippen LogP contribution is 2.37. The summed E-state index contributed by atoms with van der Waals surface area (Å²) in [5.74, 6) is -2.27. The van der Waals surface area contributed by atoms with E-state index in [0.717, 1.165) is 6.07 Å². The summed E-state index contributed by atoms with van der Waals surface area (Å²) in [5.41, 5.74) is -0.329. The van der Waals surface area contributed by atoms with Gasteiger partial charge in [-0.1, -0.05) is 23.8 Å². The van der Waals surface area contributed by atoms with Crippen molar-refractivity contribution in [1.82, 2.24) is 0 Å². The molecule has 1 aliphatic heterocycles. The van der Waals surface area contributed by atoms with Gasteiger partial charge < -0.3 is 25.2 Å². The van der Waals surface area contributed by atoms with Gasteiger partial charge in [0.15, 0.2) is 0 Å². The van der Waals surface area contributed by atoms with Crippen LogP contribution in [0.5, 0.6) is 11.5 Å². The number of phenols is 2. The summed E-state index contributed by atoms with van der Waals surface area (Å²) in [6, 6.07) is 0.905. The maximum Gasteiger partial charge on any atom is 0.342 e. The average Bonchev–Trinajstić information content (AvgIpc) is 2.54. The number of aliphatic hydroxyl groups excluding tert-OH is 2. The summed E-state index contributed by atoms with van der Waals surface area (Å²) in [4.78, 5) is 24.7. The Morgan fingerprint density at radius 3 is 2.46 bits per heavy atom. The largest absolute Gasteiger partial charge is 0.507 e. The van der Waals surface area contributed by atoms with E-state index in [1.807, 2.05) is 0 Å². The molecule has 4 N–H and O–H groups in total. The molecule has 0 spiro atoms. The maximum atomic E-state index is 12.5. The number of Topliss-reactive ketones (excluding diaryl/α,β-unsaturated/α-hetero) is 1. The number of aromatic hydroxyl groups is 2. The van der Waals surface area contributed by atoms with Crippen LogP contribution in [0.2, 0.25) is 5.02 Å². The molecule has 0 fully saturated rings. The molecule has 26 heavy (non-hydrogen) atoms. The van der Waals surface area contributed by atoms with Gasteiger partial charge in [0.05, 0.1) is 17.2 Å². The summed E-state index contributed by atoms with van der Waals surface area (Å²) in [5, 5.41) is 39.4. The normalized spacial score (nSPS) is 25.3. The number of ether oxygens (including phenoxy) is 1. The Balaban J connectivity index is 2.45. The third-order valence-corrected chi connectivity index (χ3v) is 4.48. The number of cyclic esters (lactones) is 1. The minimum absolute atomic E-state index is 0.0146. The second kappa shape index (κ2) is 8.53. The number of ketones is 1. The summed E-state index contributed by atoms with van der Waals surface area (Å²) in [6.07, 6.45) is 0.0675. The van der Waals surface area contributed by atoms with Crippen LogP contribution in [-0.2, 0) is 16.0 Å². The molecule has 0 radical (unpaired) electrons. The van der Waals surface area contributed by atoms with Crippen molar-refractivity contribution in [3.05, 3.63) is 34.4 Å². The zero-order valence-corrected chi connectivity index (χ0v) is 14.9. The summed E-state index contributed by atoms with van der Waals surface area (Å²) >= 11 is 6.03. The highest BCUT2D eigenvalue weighted by atomic mass is 35.5. The maximum absolute atomic E-state index is 12.5. The molecule has 0 aliphatic carbocycles. The lowest BCUT2D eigenvalue weighted by molar-refractivity contribution is -0.118. The second-order valence-electron chi connectivity index (χ2n) is 6.31. The van der Waals surface area contributed by atoms with Crippen LogP contribution in [-0.4, -0.2) is 50.5 Å². The topological polar surface area (TPSA) is 124 Å². The van der Waals surface area contributed by atoms with Crippen LogP contribution in [0.25, 0.3) is 0 Å². The van der Waals surface area contributed by atoms with Crippen molar-refractivity contribution >= 4 is 23.4 Å². The Kier molecular flexibility index (Phi) is 6.63. The third kappa shape index (κ3) is 4.97. The molecule has 2 rings (SSSR count). The molecule has 3 atom stereocenters. The quantitative estimate of drug-likeness (QED) is 0.397. The number of halogens is 1. The van der Waals surface area contributed by atoms with Gasteiger partial charge in [-0.3, -0.25) is 4.79 Å². The van der Waals surface area contributed by atoms with Gasteiger partial charge in [0.2, 0.25) is 0 Å². The number of esters is 1. The first kappa shape index (κ1) is 20.2. The van der Waals surface area contributed by atoms with E-state index < -0.39 is 35.8 Å². The Bertz CT molecular complexity index is 729. The van der Waals surface area contributed by atoms with Gasteiger partial charge >= 0.3 is 5.97 Å². The molecule has 0 amide bonds. The van der Waals surface area contributed by atoms with Gasteiger partial charge in [0, 0.05) is 30.9 Å². The van der Waals surface area contributed by atoms with Gasteiger partial charge in [0.1, 0.15) is 28.9 Å². The summed E-state index contributed by atoms with van der Waals surface area (Å²) in [7, 11) is 0. The van der Waals surface area contributed by atoms with Gasteiger partial charge in [-0.05, 0) is 13.3 Å². The predicted octanol–water partition coefficient (Wildman–Crippen LogP) is 1.87. The molecule has 7 nitrogen and oxygen atoms in total. The van der Waals surface area contributed by atoms with Crippen molar-refractivity contribution in [1.29, 1.82) is 0 Å². The number of aliphatic hydroxyl groups is 2. The molecule has 1 aromatic rings. The fourth-order valence-electron chi connectivity index (χ4n) is 2.73. The van der Waals surface area contributed by atoms with E-state index in [2.05, 4.69) is 0 Å². The Labute approximate surface area is 155 Å². The van der Waals surface area contributed by atoms with Crippen molar-refractivity contribution < 1.29 is 34.8 Å². The van der Waals surface area contributed by atoms with Crippen LogP contribution >= 0.6 is 11.6 Å². The number of benzene rings is 1. The number of phenolic OH excluding ortho intramolecular Hbond substituents is 2. The fraction of sp³-hybridized carbons (Fsp3) is 0.444. The Hall–Kier alpha value is -2.09. The first-order valence-electron chi connectivity index (χ1n) is 8.19. The number of rotatable bonds is 0. The predicted molar refractivity (Wildman–Crippen MR) is 93.4 cm³/mol. The van der Waals surface area contributed by atoms with Gasteiger partial charge in [0.25, 0.3) is 0 Å². The van der Waals surface area contributed by atoms with E-state index in [1.54, 1.807) is 6.92 Å².